The molecule has 0 saturated carbocycles. The zero-order chi connectivity index (χ0) is 15.5. The second kappa shape index (κ2) is 6.54. The summed E-state index contributed by atoms with van der Waals surface area (Å²) in [7, 11) is 3.68. The van der Waals surface area contributed by atoms with Crippen molar-refractivity contribution in [3.05, 3.63) is 40.4 Å². The van der Waals surface area contributed by atoms with E-state index < -0.39 is 0 Å². The molecule has 1 aromatic carbocycles. The van der Waals surface area contributed by atoms with Crippen LogP contribution in [0.15, 0.2) is 24.3 Å². The van der Waals surface area contributed by atoms with Crippen LogP contribution in [0, 0.1) is 0 Å². The number of nitrogens with one attached hydrogen (secondary N) is 1. The fourth-order valence-electron chi connectivity index (χ4n) is 2.31. The van der Waals surface area contributed by atoms with E-state index in [1.807, 2.05) is 19.2 Å². The fourth-order valence-corrected chi connectivity index (χ4v) is 3.28. The third kappa shape index (κ3) is 3.80. The molecular formula is C16H23N3OS. The van der Waals surface area contributed by atoms with Gasteiger partial charge in [-0.3, -0.25) is 0 Å². The topological polar surface area (TPSA) is 47.0 Å². The van der Waals surface area contributed by atoms with Crippen LogP contribution in [0.1, 0.15) is 42.9 Å². The zero-order valence-corrected chi connectivity index (χ0v) is 14.1. The lowest BCUT2D eigenvalue weighted by Gasteiger charge is -2.21. The first-order valence-corrected chi connectivity index (χ1v) is 7.86. The molecule has 1 atom stereocenters. The molecule has 2 rings (SSSR count). The predicted molar refractivity (Wildman–Crippen MR) is 87.1 cm³/mol. The maximum absolute atomic E-state index is 5.30. The first-order valence-electron chi connectivity index (χ1n) is 7.08. The molecule has 0 radical (unpaired) electrons. The van der Waals surface area contributed by atoms with E-state index >= 15 is 0 Å². The highest BCUT2D eigenvalue weighted by Crippen LogP contribution is 2.32. The summed E-state index contributed by atoms with van der Waals surface area (Å²) in [6.45, 7) is 6.52. The summed E-state index contributed by atoms with van der Waals surface area (Å²) in [6, 6.07) is 8.41. The Morgan fingerprint density at radius 3 is 2.71 bits per heavy atom. The highest BCUT2D eigenvalue weighted by Gasteiger charge is 2.26. The fraction of sp³-hybridized carbons (Fsp3) is 0.500. The van der Waals surface area contributed by atoms with Crippen molar-refractivity contribution >= 4 is 11.5 Å². The largest absolute Gasteiger partial charge is 0.497 e. The predicted octanol–water partition coefficient (Wildman–Crippen LogP) is 3.35. The monoisotopic (exact) mass is 305 g/mol. The van der Waals surface area contributed by atoms with Crippen LogP contribution < -0.4 is 10.1 Å². The van der Waals surface area contributed by atoms with Crippen molar-refractivity contribution in [2.24, 2.45) is 0 Å². The number of rotatable bonds is 5. The lowest BCUT2D eigenvalue weighted by atomic mass is 9.89. The van der Waals surface area contributed by atoms with Crippen molar-refractivity contribution in [3.63, 3.8) is 0 Å². The highest BCUT2D eigenvalue weighted by molar-refractivity contribution is 7.05. The molecular weight excluding hydrogens is 282 g/mol. The number of hydrogen-bond acceptors (Lipinski definition) is 5. The third-order valence-electron chi connectivity index (χ3n) is 3.46. The van der Waals surface area contributed by atoms with Crippen molar-refractivity contribution < 1.29 is 4.74 Å². The summed E-state index contributed by atoms with van der Waals surface area (Å²) >= 11 is 1.48. The lowest BCUT2D eigenvalue weighted by molar-refractivity contribution is 0.414. The molecule has 1 heterocycles. The van der Waals surface area contributed by atoms with Crippen LogP contribution in [0.25, 0.3) is 0 Å². The summed E-state index contributed by atoms with van der Waals surface area (Å²) in [5.41, 5.74) is 2.32. The van der Waals surface area contributed by atoms with E-state index in [4.69, 9.17) is 4.74 Å². The van der Waals surface area contributed by atoms with Crippen molar-refractivity contribution in [3.8, 4) is 5.75 Å². The summed E-state index contributed by atoms with van der Waals surface area (Å²) in [5, 5.41) is 7.73. The molecule has 5 heteroatoms. The van der Waals surface area contributed by atoms with Crippen LogP contribution in [-0.2, 0) is 11.8 Å². The number of ether oxygens (including phenoxy) is 1. The second-order valence-electron chi connectivity index (χ2n) is 6.13. The number of methoxy groups -OCH3 is 1. The molecule has 0 aliphatic heterocycles. The Kier molecular flexibility index (Phi) is 4.96. The molecule has 0 fully saturated rings. The van der Waals surface area contributed by atoms with Crippen molar-refractivity contribution in [2.75, 3.05) is 14.2 Å². The second-order valence-corrected chi connectivity index (χ2v) is 6.92. The minimum Gasteiger partial charge on any atom is -0.497 e. The summed E-state index contributed by atoms with van der Waals surface area (Å²) in [6.07, 6.45) is 0.890. The number of nitrogens with zero attached hydrogens (tertiary/aromatic N) is 2. The number of aromatic nitrogens is 2. The summed E-state index contributed by atoms with van der Waals surface area (Å²) in [4.78, 5) is 1.22. The van der Waals surface area contributed by atoms with Gasteiger partial charge in [-0.1, -0.05) is 37.4 Å². The standard InChI is InChI=1S/C16H23N3OS/c1-16(2,3)15-14(21-19-18-15)13(17-4)10-11-7-6-8-12(9-11)20-5/h6-9,13,17H,10H2,1-5H3. The van der Waals surface area contributed by atoms with Crippen LogP contribution in [0.4, 0.5) is 0 Å². The van der Waals surface area contributed by atoms with Crippen molar-refractivity contribution in [2.45, 2.75) is 38.6 Å². The van der Waals surface area contributed by atoms with Gasteiger partial charge in [0.15, 0.2) is 0 Å². The minimum atomic E-state index is 0.00577. The van der Waals surface area contributed by atoms with E-state index in [-0.39, 0.29) is 11.5 Å². The van der Waals surface area contributed by atoms with Gasteiger partial charge in [-0.05, 0) is 42.7 Å². The van der Waals surface area contributed by atoms with Gasteiger partial charge in [0.1, 0.15) is 5.75 Å². The van der Waals surface area contributed by atoms with Gasteiger partial charge in [-0.2, -0.15) is 0 Å². The number of benzene rings is 1. The Morgan fingerprint density at radius 1 is 1.33 bits per heavy atom. The van der Waals surface area contributed by atoms with Crippen molar-refractivity contribution in [1.82, 2.24) is 14.9 Å². The van der Waals surface area contributed by atoms with Crippen molar-refractivity contribution in [1.29, 1.82) is 0 Å². The normalized spacial score (nSPS) is 13.2. The molecule has 4 nitrogen and oxygen atoms in total. The van der Waals surface area contributed by atoms with E-state index in [0.29, 0.717) is 0 Å². The minimum absolute atomic E-state index is 0.00577. The third-order valence-corrected chi connectivity index (χ3v) is 4.30. The average Bonchev–Trinajstić information content (AvgIpc) is 2.94. The average molecular weight is 305 g/mol. The molecule has 114 valence electrons. The van der Waals surface area contributed by atoms with Gasteiger partial charge in [0.25, 0.3) is 0 Å². The quantitative estimate of drug-likeness (QED) is 0.920. The maximum Gasteiger partial charge on any atom is 0.119 e. The maximum atomic E-state index is 5.30. The first kappa shape index (κ1) is 15.9. The molecule has 1 unspecified atom stereocenters. The summed E-state index contributed by atoms with van der Waals surface area (Å²) < 4.78 is 9.46. The molecule has 0 bridgehead atoms. The zero-order valence-electron chi connectivity index (χ0n) is 13.3. The van der Waals surface area contributed by atoms with Gasteiger partial charge in [-0.25, -0.2) is 0 Å². The van der Waals surface area contributed by atoms with Crippen LogP contribution in [-0.4, -0.2) is 23.7 Å². The van der Waals surface area contributed by atoms with Gasteiger partial charge >= 0.3 is 0 Å². The Balaban J connectivity index is 2.26. The van der Waals surface area contributed by atoms with Crippen LogP contribution in [0.3, 0.4) is 0 Å². The molecule has 0 aliphatic carbocycles. The van der Waals surface area contributed by atoms with E-state index in [1.165, 1.54) is 22.0 Å². The number of likely N-dealkylation sites (N-methyl/N-ethyl adjacent to an activating group) is 1. The molecule has 0 aliphatic rings. The summed E-state index contributed by atoms with van der Waals surface area (Å²) in [5.74, 6) is 0.890. The van der Waals surface area contributed by atoms with E-state index in [1.54, 1.807) is 7.11 Å². The Labute approximate surface area is 130 Å². The number of hydrogen-bond donors (Lipinski definition) is 1. The Bertz CT molecular complexity index is 589. The lowest BCUT2D eigenvalue weighted by Crippen LogP contribution is -2.23. The van der Waals surface area contributed by atoms with Crippen LogP contribution in [0.2, 0.25) is 0 Å². The van der Waals surface area contributed by atoms with Gasteiger partial charge in [0.05, 0.1) is 17.7 Å². The first-order chi connectivity index (χ1) is 9.95. The molecule has 0 saturated heterocycles. The molecule has 2 aromatic rings. The molecule has 0 amide bonds. The van der Waals surface area contributed by atoms with Gasteiger partial charge in [0.2, 0.25) is 0 Å². The van der Waals surface area contributed by atoms with Gasteiger partial charge in [-0.15, -0.1) is 5.10 Å². The highest BCUT2D eigenvalue weighted by atomic mass is 32.1. The van der Waals surface area contributed by atoms with E-state index in [2.05, 4.69) is 47.8 Å². The van der Waals surface area contributed by atoms with Crippen LogP contribution in [0.5, 0.6) is 5.75 Å². The molecule has 21 heavy (non-hydrogen) atoms. The molecule has 1 N–H and O–H groups in total. The van der Waals surface area contributed by atoms with Gasteiger partial charge < -0.3 is 10.1 Å². The SMILES string of the molecule is CNC(Cc1cccc(OC)c1)c1snnc1C(C)(C)C. The van der Waals surface area contributed by atoms with Gasteiger partial charge in [0, 0.05) is 11.5 Å². The Morgan fingerprint density at radius 2 is 2.10 bits per heavy atom. The Hall–Kier alpha value is -1.46. The van der Waals surface area contributed by atoms with E-state index in [0.717, 1.165) is 17.9 Å². The van der Waals surface area contributed by atoms with Crippen LogP contribution >= 0.6 is 11.5 Å². The van der Waals surface area contributed by atoms with E-state index in [9.17, 15) is 0 Å². The molecule has 0 spiro atoms. The molecule has 1 aromatic heterocycles. The smallest absolute Gasteiger partial charge is 0.119 e.